The van der Waals surface area contributed by atoms with E-state index in [2.05, 4.69) is 4.98 Å². The second-order valence-corrected chi connectivity index (χ2v) is 5.23. The quantitative estimate of drug-likeness (QED) is 0.504. The highest BCUT2D eigenvalue weighted by molar-refractivity contribution is 5.79. The van der Waals surface area contributed by atoms with Crippen LogP contribution in [0.25, 0.3) is 10.9 Å². The highest BCUT2D eigenvalue weighted by Crippen LogP contribution is 2.17. The van der Waals surface area contributed by atoms with Crippen molar-refractivity contribution in [3.05, 3.63) is 69.3 Å². The zero-order valence-corrected chi connectivity index (χ0v) is 13.4. The van der Waals surface area contributed by atoms with Gasteiger partial charge in [-0.25, -0.2) is 4.98 Å². The average molecular weight is 341 g/mol. The molecule has 0 bridgehead atoms. The van der Waals surface area contributed by atoms with Crippen molar-refractivity contribution in [3.63, 3.8) is 0 Å². The number of fused-ring (bicyclic) bond motifs is 1. The SMILES string of the molecule is COc1ccc(OCCn2cnc3cc([N+](=O)[O-])ccc3c2=O)cc1. The van der Waals surface area contributed by atoms with Crippen molar-refractivity contribution < 1.29 is 14.4 Å². The van der Waals surface area contributed by atoms with Crippen molar-refractivity contribution in [2.24, 2.45) is 0 Å². The lowest BCUT2D eigenvalue weighted by atomic mass is 10.2. The van der Waals surface area contributed by atoms with E-state index < -0.39 is 4.92 Å². The number of non-ortho nitro benzene ring substituents is 1. The summed E-state index contributed by atoms with van der Waals surface area (Å²) >= 11 is 0. The highest BCUT2D eigenvalue weighted by Gasteiger charge is 2.10. The zero-order valence-electron chi connectivity index (χ0n) is 13.4. The summed E-state index contributed by atoms with van der Waals surface area (Å²) < 4.78 is 12.1. The van der Waals surface area contributed by atoms with E-state index in [1.54, 1.807) is 31.4 Å². The van der Waals surface area contributed by atoms with Gasteiger partial charge in [-0.2, -0.15) is 0 Å². The lowest BCUT2D eigenvalue weighted by molar-refractivity contribution is -0.384. The summed E-state index contributed by atoms with van der Waals surface area (Å²) in [5.41, 5.74) is -0.0651. The number of hydrogen-bond donors (Lipinski definition) is 0. The molecule has 0 unspecified atom stereocenters. The molecule has 0 N–H and O–H groups in total. The lowest BCUT2D eigenvalue weighted by Gasteiger charge is -2.09. The Kier molecular flexibility index (Phi) is 4.60. The van der Waals surface area contributed by atoms with Crippen LogP contribution in [0.2, 0.25) is 0 Å². The second-order valence-electron chi connectivity index (χ2n) is 5.23. The van der Waals surface area contributed by atoms with Gasteiger partial charge in [-0.3, -0.25) is 19.5 Å². The summed E-state index contributed by atoms with van der Waals surface area (Å²) in [6, 6.07) is 11.1. The van der Waals surface area contributed by atoms with E-state index >= 15 is 0 Å². The van der Waals surface area contributed by atoms with E-state index in [0.29, 0.717) is 23.2 Å². The first-order chi connectivity index (χ1) is 12.1. The molecule has 8 nitrogen and oxygen atoms in total. The molecular formula is C17H15N3O5. The van der Waals surface area contributed by atoms with Crippen LogP contribution in [0, 0.1) is 10.1 Å². The van der Waals surface area contributed by atoms with Gasteiger partial charge in [0.05, 0.1) is 35.8 Å². The molecule has 0 aliphatic rings. The molecule has 1 aromatic heterocycles. The van der Waals surface area contributed by atoms with Crippen LogP contribution in [0.15, 0.2) is 53.6 Å². The van der Waals surface area contributed by atoms with Crippen LogP contribution in [-0.4, -0.2) is 28.2 Å². The topological polar surface area (TPSA) is 96.5 Å². The van der Waals surface area contributed by atoms with Crippen molar-refractivity contribution in [1.82, 2.24) is 9.55 Å². The van der Waals surface area contributed by atoms with Crippen molar-refractivity contribution in [1.29, 1.82) is 0 Å². The van der Waals surface area contributed by atoms with Crippen molar-refractivity contribution in [3.8, 4) is 11.5 Å². The summed E-state index contributed by atoms with van der Waals surface area (Å²) in [7, 11) is 1.59. The number of benzene rings is 2. The van der Waals surface area contributed by atoms with Gasteiger partial charge in [-0.15, -0.1) is 0 Å². The minimum absolute atomic E-state index is 0.0972. The average Bonchev–Trinajstić information content (AvgIpc) is 2.64. The van der Waals surface area contributed by atoms with Crippen LogP contribution in [0.5, 0.6) is 11.5 Å². The van der Waals surface area contributed by atoms with E-state index in [9.17, 15) is 14.9 Å². The molecule has 0 radical (unpaired) electrons. The number of nitrogens with zero attached hydrogens (tertiary/aromatic N) is 3. The van der Waals surface area contributed by atoms with Crippen molar-refractivity contribution in [2.75, 3.05) is 13.7 Å². The molecule has 128 valence electrons. The number of ether oxygens (including phenoxy) is 2. The maximum atomic E-state index is 12.4. The number of rotatable bonds is 6. The first kappa shape index (κ1) is 16.4. The molecule has 3 aromatic rings. The summed E-state index contributed by atoms with van der Waals surface area (Å²) in [5.74, 6) is 1.40. The molecule has 3 rings (SSSR count). The van der Waals surface area contributed by atoms with Crippen LogP contribution in [-0.2, 0) is 6.54 Å². The van der Waals surface area contributed by atoms with Crippen LogP contribution in [0.3, 0.4) is 0 Å². The summed E-state index contributed by atoms with van der Waals surface area (Å²) in [6.07, 6.45) is 1.37. The number of methoxy groups -OCH3 is 1. The summed E-state index contributed by atoms with van der Waals surface area (Å²) in [6.45, 7) is 0.594. The molecule has 0 saturated carbocycles. The standard InChI is InChI=1S/C17H15N3O5/c1-24-13-3-5-14(6-4-13)25-9-8-19-11-18-16-10-12(20(22)23)2-7-15(16)17(19)21/h2-7,10-11H,8-9H2,1H3. The molecule has 0 spiro atoms. The van der Waals surface area contributed by atoms with Crippen LogP contribution >= 0.6 is 0 Å². The van der Waals surface area contributed by atoms with Crippen LogP contribution in [0.1, 0.15) is 0 Å². The Bertz CT molecular complexity index is 966. The Morgan fingerprint density at radius 1 is 1.16 bits per heavy atom. The maximum absolute atomic E-state index is 12.4. The van der Waals surface area contributed by atoms with Gasteiger partial charge in [0.2, 0.25) is 0 Å². The van der Waals surface area contributed by atoms with Gasteiger partial charge >= 0.3 is 0 Å². The Balaban J connectivity index is 1.73. The Morgan fingerprint density at radius 2 is 1.88 bits per heavy atom. The molecule has 0 atom stereocenters. The molecule has 0 aliphatic heterocycles. The highest BCUT2D eigenvalue weighted by atomic mass is 16.6. The van der Waals surface area contributed by atoms with Gasteiger partial charge in [0, 0.05) is 12.1 Å². The first-order valence-corrected chi connectivity index (χ1v) is 7.49. The molecule has 0 fully saturated rings. The van der Waals surface area contributed by atoms with Crippen molar-refractivity contribution in [2.45, 2.75) is 6.54 Å². The Morgan fingerprint density at radius 3 is 2.56 bits per heavy atom. The van der Waals surface area contributed by atoms with E-state index in [0.717, 1.165) is 5.75 Å². The van der Waals surface area contributed by atoms with E-state index in [1.165, 1.54) is 29.1 Å². The molecule has 2 aromatic carbocycles. The van der Waals surface area contributed by atoms with E-state index in [4.69, 9.17) is 9.47 Å². The summed E-state index contributed by atoms with van der Waals surface area (Å²) in [5, 5.41) is 11.1. The van der Waals surface area contributed by atoms with E-state index in [-0.39, 0.29) is 17.9 Å². The third-order valence-corrected chi connectivity index (χ3v) is 3.68. The van der Waals surface area contributed by atoms with Gasteiger partial charge < -0.3 is 9.47 Å². The minimum atomic E-state index is -0.519. The Labute approximate surface area is 142 Å². The number of nitro groups is 1. The fraction of sp³-hybridized carbons (Fsp3) is 0.176. The number of hydrogen-bond acceptors (Lipinski definition) is 6. The molecule has 8 heteroatoms. The molecule has 0 amide bonds. The zero-order chi connectivity index (χ0) is 17.8. The van der Waals surface area contributed by atoms with Crippen LogP contribution < -0.4 is 15.0 Å². The summed E-state index contributed by atoms with van der Waals surface area (Å²) in [4.78, 5) is 26.8. The number of nitro benzene ring substituents is 1. The van der Waals surface area contributed by atoms with Gasteiger partial charge in [-0.1, -0.05) is 0 Å². The third-order valence-electron chi connectivity index (χ3n) is 3.68. The van der Waals surface area contributed by atoms with Gasteiger partial charge in [-0.05, 0) is 30.3 Å². The largest absolute Gasteiger partial charge is 0.497 e. The van der Waals surface area contributed by atoms with Crippen LogP contribution in [0.4, 0.5) is 5.69 Å². The molecule has 0 saturated heterocycles. The maximum Gasteiger partial charge on any atom is 0.271 e. The monoisotopic (exact) mass is 341 g/mol. The molecular weight excluding hydrogens is 326 g/mol. The lowest BCUT2D eigenvalue weighted by Crippen LogP contribution is -2.23. The molecule has 0 aliphatic carbocycles. The number of aromatic nitrogens is 2. The second kappa shape index (κ2) is 7.00. The first-order valence-electron chi connectivity index (χ1n) is 7.49. The smallest absolute Gasteiger partial charge is 0.271 e. The molecule has 25 heavy (non-hydrogen) atoms. The third kappa shape index (κ3) is 3.57. The predicted octanol–water partition coefficient (Wildman–Crippen LogP) is 2.39. The fourth-order valence-electron chi connectivity index (χ4n) is 2.35. The van der Waals surface area contributed by atoms with Gasteiger partial charge in [0.15, 0.2) is 0 Å². The van der Waals surface area contributed by atoms with E-state index in [1.807, 2.05) is 0 Å². The predicted molar refractivity (Wildman–Crippen MR) is 91.1 cm³/mol. The van der Waals surface area contributed by atoms with Gasteiger partial charge in [0.25, 0.3) is 11.2 Å². The minimum Gasteiger partial charge on any atom is -0.497 e. The Hall–Kier alpha value is -3.42. The molecule has 1 heterocycles. The fourth-order valence-corrected chi connectivity index (χ4v) is 2.35. The van der Waals surface area contributed by atoms with Crippen molar-refractivity contribution >= 4 is 16.6 Å². The normalized spacial score (nSPS) is 10.6. The van der Waals surface area contributed by atoms with Gasteiger partial charge in [0.1, 0.15) is 18.1 Å².